The summed E-state index contributed by atoms with van der Waals surface area (Å²) in [4.78, 5) is 4.43. The lowest BCUT2D eigenvalue weighted by atomic mass is 10.1. The number of benzene rings is 1. The van der Waals surface area contributed by atoms with Crippen molar-refractivity contribution in [2.24, 2.45) is 0 Å². The average molecular weight is 213 g/mol. The number of aryl methyl sites for hydroxylation is 1. The second-order valence-electron chi connectivity index (χ2n) is 3.99. The minimum atomic E-state index is 0.757. The average Bonchev–Trinajstić information content (AvgIpc) is 2.18. The van der Waals surface area contributed by atoms with Crippen LogP contribution in [0, 0.1) is 6.92 Å². The summed E-state index contributed by atoms with van der Waals surface area (Å²) in [5.41, 5.74) is 10.5. The molecule has 0 aliphatic rings. The summed E-state index contributed by atoms with van der Waals surface area (Å²) in [5, 5.41) is 4.13. The van der Waals surface area contributed by atoms with Gasteiger partial charge in [0.15, 0.2) is 0 Å². The molecule has 1 aromatic heterocycles. The molecule has 0 amide bonds. The standard InChI is InChI=1S/C13H15N3/c1-8(2)15-10-4-5-13-11(7-10)12(14)6-9(3)16-13/h4-7,15H,1H2,2-3H3,(H2,14,16). The fourth-order valence-corrected chi connectivity index (χ4v) is 1.71. The third-order valence-electron chi connectivity index (χ3n) is 2.33. The molecule has 0 aliphatic heterocycles. The van der Waals surface area contributed by atoms with Gasteiger partial charge in [-0.1, -0.05) is 6.58 Å². The Bertz CT molecular complexity index is 558. The first-order valence-corrected chi connectivity index (χ1v) is 5.15. The predicted molar refractivity (Wildman–Crippen MR) is 69.3 cm³/mol. The highest BCUT2D eigenvalue weighted by atomic mass is 14.9. The van der Waals surface area contributed by atoms with Crippen molar-refractivity contribution in [3.8, 4) is 0 Å². The van der Waals surface area contributed by atoms with Crippen LogP contribution >= 0.6 is 0 Å². The minimum Gasteiger partial charge on any atom is -0.398 e. The first-order chi connectivity index (χ1) is 7.56. The number of nitrogens with zero attached hydrogens (tertiary/aromatic N) is 1. The van der Waals surface area contributed by atoms with Gasteiger partial charge in [-0.3, -0.25) is 4.98 Å². The van der Waals surface area contributed by atoms with Crippen LogP contribution in [0.1, 0.15) is 12.6 Å². The van der Waals surface area contributed by atoms with E-state index in [2.05, 4.69) is 16.9 Å². The molecule has 1 aromatic carbocycles. The summed E-state index contributed by atoms with van der Waals surface area (Å²) in [5.74, 6) is 0. The Balaban J connectivity index is 2.57. The Hall–Kier alpha value is -2.03. The summed E-state index contributed by atoms with van der Waals surface area (Å²) < 4.78 is 0. The molecule has 2 rings (SSSR count). The highest BCUT2D eigenvalue weighted by molar-refractivity contribution is 5.92. The van der Waals surface area contributed by atoms with E-state index in [1.165, 1.54) is 0 Å². The smallest absolute Gasteiger partial charge is 0.0727 e. The van der Waals surface area contributed by atoms with E-state index in [1.54, 1.807) is 0 Å². The number of nitrogen functional groups attached to an aromatic ring is 1. The Kier molecular flexibility index (Phi) is 2.52. The summed E-state index contributed by atoms with van der Waals surface area (Å²) >= 11 is 0. The molecular weight excluding hydrogens is 198 g/mol. The molecule has 0 saturated heterocycles. The van der Waals surface area contributed by atoms with Crippen LogP contribution in [0.4, 0.5) is 11.4 Å². The van der Waals surface area contributed by atoms with Crippen molar-refractivity contribution in [1.82, 2.24) is 4.98 Å². The van der Waals surface area contributed by atoms with Gasteiger partial charge in [0.1, 0.15) is 0 Å². The Morgan fingerprint density at radius 2 is 2.12 bits per heavy atom. The zero-order valence-electron chi connectivity index (χ0n) is 9.54. The molecule has 3 N–H and O–H groups in total. The number of nitrogens with one attached hydrogen (secondary N) is 1. The number of allylic oxidation sites excluding steroid dienone is 1. The Morgan fingerprint density at radius 3 is 2.81 bits per heavy atom. The topological polar surface area (TPSA) is 50.9 Å². The SMILES string of the molecule is C=C(C)Nc1ccc2nc(C)cc(N)c2c1. The first kappa shape index (κ1) is 10.5. The van der Waals surface area contributed by atoms with Crippen molar-refractivity contribution in [3.63, 3.8) is 0 Å². The van der Waals surface area contributed by atoms with Crippen LogP contribution in [0.25, 0.3) is 10.9 Å². The molecule has 2 aromatic rings. The second kappa shape index (κ2) is 3.85. The van der Waals surface area contributed by atoms with E-state index in [1.807, 2.05) is 38.1 Å². The van der Waals surface area contributed by atoms with E-state index in [4.69, 9.17) is 5.73 Å². The first-order valence-electron chi connectivity index (χ1n) is 5.15. The van der Waals surface area contributed by atoms with Gasteiger partial charge >= 0.3 is 0 Å². The van der Waals surface area contributed by atoms with Crippen LogP contribution < -0.4 is 11.1 Å². The summed E-state index contributed by atoms with van der Waals surface area (Å²) in [6.07, 6.45) is 0. The second-order valence-corrected chi connectivity index (χ2v) is 3.99. The number of fused-ring (bicyclic) bond motifs is 1. The molecule has 0 bridgehead atoms. The largest absolute Gasteiger partial charge is 0.398 e. The lowest BCUT2D eigenvalue weighted by molar-refractivity contribution is 1.26. The van der Waals surface area contributed by atoms with Gasteiger partial charge in [0, 0.05) is 28.2 Å². The Labute approximate surface area is 95.0 Å². The van der Waals surface area contributed by atoms with Crippen molar-refractivity contribution < 1.29 is 0 Å². The van der Waals surface area contributed by atoms with Crippen LogP contribution in [-0.2, 0) is 0 Å². The maximum Gasteiger partial charge on any atom is 0.0727 e. The lowest BCUT2D eigenvalue weighted by Gasteiger charge is -2.08. The van der Waals surface area contributed by atoms with Gasteiger partial charge < -0.3 is 11.1 Å². The highest BCUT2D eigenvalue weighted by Gasteiger charge is 2.02. The molecule has 0 aliphatic carbocycles. The van der Waals surface area contributed by atoms with Crippen LogP contribution in [0.2, 0.25) is 0 Å². The number of hydrogen-bond donors (Lipinski definition) is 2. The van der Waals surface area contributed by atoms with Gasteiger partial charge in [0.05, 0.1) is 5.52 Å². The number of rotatable bonds is 2. The molecule has 0 radical (unpaired) electrons. The fourth-order valence-electron chi connectivity index (χ4n) is 1.71. The number of hydrogen-bond acceptors (Lipinski definition) is 3. The fraction of sp³-hybridized carbons (Fsp3) is 0.154. The molecule has 3 heteroatoms. The number of aromatic nitrogens is 1. The van der Waals surface area contributed by atoms with E-state index in [0.29, 0.717) is 0 Å². The third kappa shape index (κ3) is 1.98. The normalized spacial score (nSPS) is 10.4. The monoisotopic (exact) mass is 213 g/mol. The van der Waals surface area contributed by atoms with Crippen molar-refractivity contribution in [2.45, 2.75) is 13.8 Å². The molecule has 0 fully saturated rings. The van der Waals surface area contributed by atoms with E-state index >= 15 is 0 Å². The third-order valence-corrected chi connectivity index (χ3v) is 2.33. The molecule has 0 atom stereocenters. The van der Waals surface area contributed by atoms with Gasteiger partial charge in [-0.15, -0.1) is 0 Å². The number of pyridine rings is 1. The van der Waals surface area contributed by atoms with Gasteiger partial charge in [0.2, 0.25) is 0 Å². The van der Waals surface area contributed by atoms with Gasteiger partial charge in [-0.05, 0) is 38.1 Å². The summed E-state index contributed by atoms with van der Waals surface area (Å²) in [6, 6.07) is 7.81. The lowest BCUT2D eigenvalue weighted by Crippen LogP contribution is -1.96. The minimum absolute atomic E-state index is 0.757. The van der Waals surface area contributed by atoms with Gasteiger partial charge in [0.25, 0.3) is 0 Å². The molecule has 82 valence electrons. The number of anilines is 2. The van der Waals surface area contributed by atoms with E-state index in [9.17, 15) is 0 Å². The van der Waals surface area contributed by atoms with E-state index in [0.717, 1.165) is 33.7 Å². The summed E-state index contributed by atoms with van der Waals surface area (Å²) in [6.45, 7) is 7.67. The maximum absolute atomic E-state index is 5.97. The summed E-state index contributed by atoms with van der Waals surface area (Å²) in [7, 11) is 0. The molecule has 0 unspecified atom stereocenters. The molecule has 3 nitrogen and oxygen atoms in total. The predicted octanol–water partition coefficient (Wildman–Crippen LogP) is 3.07. The van der Waals surface area contributed by atoms with E-state index < -0.39 is 0 Å². The molecular formula is C13H15N3. The quantitative estimate of drug-likeness (QED) is 0.806. The molecule has 0 spiro atoms. The Morgan fingerprint density at radius 1 is 1.38 bits per heavy atom. The molecule has 1 heterocycles. The van der Waals surface area contributed by atoms with Crippen LogP contribution in [0.5, 0.6) is 0 Å². The van der Waals surface area contributed by atoms with Crippen molar-refractivity contribution in [3.05, 3.63) is 42.2 Å². The van der Waals surface area contributed by atoms with Gasteiger partial charge in [-0.2, -0.15) is 0 Å². The van der Waals surface area contributed by atoms with Crippen molar-refractivity contribution in [2.75, 3.05) is 11.1 Å². The van der Waals surface area contributed by atoms with Crippen LogP contribution in [-0.4, -0.2) is 4.98 Å². The van der Waals surface area contributed by atoms with E-state index in [-0.39, 0.29) is 0 Å². The van der Waals surface area contributed by atoms with Crippen LogP contribution in [0.15, 0.2) is 36.5 Å². The van der Waals surface area contributed by atoms with Crippen molar-refractivity contribution >= 4 is 22.3 Å². The number of nitrogens with two attached hydrogens (primary N) is 1. The van der Waals surface area contributed by atoms with Crippen molar-refractivity contribution in [1.29, 1.82) is 0 Å². The molecule has 0 saturated carbocycles. The zero-order valence-corrected chi connectivity index (χ0v) is 9.54. The molecule has 16 heavy (non-hydrogen) atoms. The van der Waals surface area contributed by atoms with Gasteiger partial charge in [-0.25, -0.2) is 0 Å². The zero-order chi connectivity index (χ0) is 11.7. The highest BCUT2D eigenvalue weighted by Crippen LogP contribution is 2.24. The van der Waals surface area contributed by atoms with Crippen LogP contribution in [0.3, 0.4) is 0 Å². The maximum atomic E-state index is 5.97.